The molecule has 0 saturated carbocycles. The number of rotatable bonds is 9. The Labute approximate surface area is 125 Å². The number of hydrogen-bond donors (Lipinski definition) is 6. The molecule has 0 spiro atoms. The predicted molar refractivity (Wildman–Crippen MR) is 71.5 cm³/mol. The summed E-state index contributed by atoms with van der Waals surface area (Å²) in [5.41, 5.74) is 5.06. The molecule has 7 N–H and O–H groups in total. The number of nitrogens with two attached hydrogens (primary N) is 1. The van der Waals surface area contributed by atoms with Gasteiger partial charge in [-0.15, -0.1) is 0 Å². The van der Waals surface area contributed by atoms with Crippen molar-refractivity contribution in [1.82, 2.24) is 16.0 Å². The van der Waals surface area contributed by atoms with Gasteiger partial charge in [0.15, 0.2) is 0 Å². The van der Waals surface area contributed by atoms with Crippen LogP contribution in [0.15, 0.2) is 0 Å². The van der Waals surface area contributed by atoms with E-state index in [1.54, 1.807) is 0 Å². The van der Waals surface area contributed by atoms with Crippen LogP contribution in [0.3, 0.4) is 0 Å². The molecule has 2 atom stereocenters. The zero-order valence-electron chi connectivity index (χ0n) is 11.8. The topological polar surface area (TPSA) is 188 Å². The second kappa shape index (κ2) is 9.28. The minimum atomic E-state index is -1.47. The maximum Gasteiger partial charge on any atom is 0.322 e. The van der Waals surface area contributed by atoms with Crippen molar-refractivity contribution in [2.75, 3.05) is 13.1 Å². The Morgan fingerprint density at radius 3 is 2.05 bits per heavy atom. The second-order valence-corrected chi connectivity index (χ2v) is 4.26. The van der Waals surface area contributed by atoms with E-state index in [1.165, 1.54) is 6.92 Å². The van der Waals surface area contributed by atoms with Crippen LogP contribution in [0.4, 0.5) is 0 Å². The standard InChI is InChI=1S/C11H18N4O7/c1-5(14-7(16)3-12)10(21)15-6(2-8(17)18)11(22)13-4-9(19)20/h5-6H,2-4,12H2,1H3,(H,13,22)(H,14,16)(H,15,21)(H,17,18)(H,19,20). The number of amides is 3. The third-order valence-electron chi connectivity index (χ3n) is 2.38. The molecule has 0 aliphatic rings. The van der Waals surface area contributed by atoms with Crippen LogP contribution in [0, 0.1) is 0 Å². The lowest BCUT2D eigenvalue weighted by atomic mass is 10.1. The molecule has 0 bridgehead atoms. The van der Waals surface area contributed by atoms with Gasteiger partial charge in [0.05, 0.1) is 13.0 Å². The van der Waals surface area contributed by atoms with E-state index < -0.39 is 54.7 Å². The van der Waals surface area contributed by atoms with Crippen LogP contribution < -0.4 is 21.7 Å². The summed E-state index contributed by atoms with van der Waals surface area (Å²) < 4.78 is 0. The largest absolute Gasteiger partial charge is 0.481 e. The fourth-order valence-electron chi connectivity index (χ4n) is 1.33. The van der Waals surface area contributed by atoms with Crippen LogP contribution in [-0.2, 0) is 24.0 Å². The summed E-state index contributed by atoms with van der Waals surface area (Å²) in [6.07, 6.45) is -0.741. The highest BCUT2D eigenvalue weighted by atomic mass is 16.4. The summed E-state index contributed by atoms with van der Waals surface area (Å²) in [5, 5.41) is 23.5. The molecule has 0 rings (SSSR count). The van der Waals surface area contributed by atoms with Gasteiger partial charge in [-0.3, -0.25) is 24.0 Å². The van der Waals surface area contributed by atoms with E-state index in [9.17, 15) is 24.0 Å². The van der Waals surface area contributed by atoms with Gasteiger partial charge in [-0.25, -0.2) is 0 Å². The minimum absolute atomic E-state index is 0.338. The maximum absolute atomic E-state index is 11.8. The molecule has 2 unspecified atom stereocenters. The number of hydrogen-bond acceptors (Lipinski definition) is 6. The molecular formula is C11H18N4O7. The lowest BCUT2D eigenvalue weighted by Gasteiger charge is -2.19. The Bertz CT molecular complexity index is 465. The molecule has 0 aliphatic heterocycles. The number of carbonyl (C=O) groups excluding carboxylic acids is 3. The molecule has 11 nitrogen and oxygen atoms in total. The van der Waals surface area contributed by atoms with Crippen LogP contribution in [-0.4, -0.2) is 65.0 Å². The van der Waals surface area contributed by atoms with Crippen molar-refractivity contribution < 1.29 is 34.2 Å². The van der Waals surface area contributed by atoms with Gasteiger partial charge in [-0.2, -0.15) is 0 Å². The smallest absolute Gasteiger partial charge is 0.322 e. The van der Waals surface area contributed by atoms with Crippen molar-refractivity contribution in [2.24, 2.45) is 5.73 Å². The molecular weight excluding hydrogens is 300 g/mol. The van der Waals surface area contributed by atoms with Crippen LogP contribution in [0.2, 0.25) is 0 Å². The quantitative estimate of drug-likeness (QED) is 0.254. The van der Waals surface area contributed by atoms with Crippen LogP contribution >= 0.6 is 0 Å². The van der Waals surface area contributed by atoms with E-state index in [2.05, 4.69) is 10.6 Å². The van der Waals surface area contributed by atoms with Crippen LogP contribution in [0.1, 0.15) is 13.3 Å². The molecule has 0 aromatic carbocycles. The van der Waals surface area contributed by atoms with Gasteiger partial charge in [0.1, 0.15) is 18.6 Å². The average molecular weight is 318 g/mol. The second-order valence-electron chi connectivity index (χ2n) is 4.26. The van der Waals surface area contributed by atoms with Crippen molar-refractivity contribution >= 4 is 29.7 Å². The Kier molecular flexibility index (Phi) is 8.15. The summed E-state index contributed by atoms with van der Waals surface area (Å²) in [6.45, 7) is 0.259. The third kappa shape index (κ3) is 7.79. The first kappa shape index (κ1) is 19.3. The summed E-state index contributed by atoms with van der Waals surface area (Å²) >= 11 is 0. The molecule has 0 aromatic heterocycles. The average Bonchev–Trinajstić information content (AvgIpc) is 2.42. The first-order chi connectivity index (χ1) is 10.2. The van der Waals surface area contributed by atoms with Crippen molar-refractivity contribution in [3.05, 3.63) is 0 Å². The number of carboxylic acids is 2. The van der Waals surface area contributed by atoms with E-state index in [-0.39, 0.29) is 6.54 Å². The fraction of sp³-hybridized carbons (Fsp3) is 0.545. The van der Waals surface area contributed by atoms with Gasteiger partial charge in [-0.1, -0.05) is 0 Å². The number of nitrogens with one attached hydrogen (secondary N) is 3. The van der Waals surface area contributed by atoms with E-state index >= 15 is 0 Å². The van der Waals surface area contributed by atoms with Gasteiger partial charge < -0.3 is 31.9 Å². The summed E-state index contributed by atoms with van der Waals surface area (Å²) in [5.74, 6) is -5.06. The van der Waals surface area contributed by atoms with Crippen LogP contribution in [0.5, 0.6) is 0 Å². The maximum atomic E-state index is 11.8. The SMILES string of the molecule is CC(NC(=O)CN)C(=O)NC(CC(=O)O)C(=O)NCC(=O)O. The van der Waals surface area contributed by atoms with Crippen molar-refractivity contribution in [2.45, 2.75) is 25.4 Å². The molecule has 11 heteroatoms. The molecule has 0 heterocycles. The van der Waals surface area contributed by atoms with Crippen molar-refractivity contribution in [3.63, 3.8) is 0 Å². The molecule has 22 heavy (non-hydrogen) atoms. The number of carbonyl (C=O) groups is 5. The normalized spacial score (nSPS) is 12.6. The van der Waals surface area contributed by atoms with E-state index in [1.807, 2.05) is 5.32 Å². The first-order valence-electron chi connectivity index (χ1n) is 6.18. The molecule has 0 aromatic rings. The van der Waals surface area contributed by atoms with E-state index in [4.69, 9.17) is 15.9 Å². The zero-order valence-corrected chi connectivity index (χ0v) is 11.8. The highest BCUT2D eigenvalue weighted by Crippen LogP contribution is 1.95. The Morgan fingerprint density at radius 2 is 1.59 bits per heavy atom. The van der Waals surface area contributed by atoms with E-state index in [0.717, 1.165) is 0 Å². The molecule has 0 radical (unpaired) electrons. The number of aliphatic carboxylic acids is 2. The molecule has 0 fully saturated rings. The Hall–Kier alpha value is -2.69. The fourth-order valence-corrected chi connectivity index (χ4v) is 1.33. The van der Waals surface area contributed by atoms with Gasteiger partial charge in [0.2, 0.25) is 17.7 Å². The first-order valence-corrected chi connectivity index (χ1v) is 6.18. The third-order valence-corrected chi connectivity index (χ3v) is 2.38. The molecule has 0 saturated heterocycles. The Morgan fingerprint density at radius 1 is 1.00 bits per heavy atom. The summed E-state index contributed by atoms with van der Waals surface area (Å²) in [6, 6.07) is -2.51. The highest BCUT2D eigenvalue weighted by molar-refractivity contribution is 5.94. The lowest BCUT2D eigenvalue weighted by molar-refractivity contribution is -0.141. The van der Waals surface area contributed by atoms with Crippen molar-refractivity contribution in [1.29, 1.82) is 0 Å². The molecule has 3 amide bonds. The summed E-state index contributed by atoms with van der Waals surface area (Å²) in [4.78, 5) is 55.5. The van der Waals surface area contributed by atoms with Gasteiger partial charge in [0.25, 0.3) is 0 Å². The van der Waals surface area contributed by atoms with Gasteiger partial charge >= 0.3 is 11.9 Å². The molecule has 0 aliphatic carbocycles. The predicted octanol–water partition coefficient (Wildman–Crippen LogP) is -3.39. The monoisotopic (exact) mass is 318 g/mol. The zero-order chi connectivity index (χ0) is 17.3. The molecule has 124 valence electrons. The lowest BCUT2D eigenvalue weighted by Crippen LogP contribution is -2.54. The summed E-state index contributed by atoms with van der Waals surface area (Å²) in [7, 11) is 0. The Balaban J connectivity index is 4.72. The van der Waals surface area contributed by atoms with E-state index in [0.29, 0.717) is 0 Å². The minimum Gasteiger partial charge on any atom is -0.481 e. The van der Waals surface area contributed by atoms with Gasteiger partial charge in [0, 0.05) is 0 Å². The van der Waals surface area contributed by atoms with Crippen LogP contribution in [0.25, 0.3) is 0 Å². The highest BCUT2D eigenvalue weighted by Gasteiger charge is 2.26. The van der Waals surface area contributed by atoms with Crippen molar-refractivity contribution in [3.8, 4) is 0 Å². The number of carboxylic acid groups (broad SMARTS) is 2. The van der Waals surface area contributed by atoms with Gasteiger partial charge in [-0.05, 0) is 6.92 Å².